The van der Waals surface area contributed by atoms with Gasteiger partial charge in [-0.05, 0) is 57.3 Å². The molecule has 18 nitrogen and oxygen atoms in total. The molecule has 0 aliphatic carbocycles. The van der Waals surface area contributed by atoms with Crippen molar-refractivity contribution in [3.8, 4) is 0 Å². The molecule has 1 saturated heterocycles. The number of carbonyl (C=O) groups is 6. The maximum absolute atomic E-state index is 13.4. The number of phosphoric ester groups is 1. The van der Waals surface area contributed by atoms with Crippen molar-refractivity contribution in [2.45, 2.75) is 145 Å². The number of phosphoric acid groups is 1. The summed E-state index contributed by atoms with van der Waals surface area (Å²) in [4.78, 5) is 98.0. The number of Topliss-reactive ketones (excluding diaryl/α,β-unsaturated/α-hetero) is 1. The van der Waals surface area contributed by atoms with E-state index in [1.54, 1.807) is 31.3 Å². The molecule has 1 aliphatic heterocycles. The third kappa shape index (κ3) is 18.0. The van der Waals surface area contributed by atoms with Gasteiger partial charge in [0.05, 0.1) is 25.1 Å². The van der Waals surface area contributed by atoms with Crippen molar-refractivity contribution in [3.05, 3.63) is 18.2 Å². The van der Waals surface area contributed by atoms with Gasteiger partial charge in [0.1, 0.15) is 18.1 Å². The van der Waals surface area contributed by atoms with Crippen LogP contribution in [-0.4, -0.2) is 108 Å². The third-order valence-electron chi connectivity index (χ3n) is 9.16. The van der Waals surface area contributed by atoms with Crippen LogP contribution in [-0.2, 0) is 50.8 Å². The van der Waals surface area contributed by atoms with Crippen LogP contribution < -0.4 is 21.7 Å². The highest BCUT2D eigenvalue weighted by Crippen LogP contribution is 2.38. The number of nitrogens with one attached hydrogen (secondary N) is 3. The van der Waals surface area contributed by atoms with Crippen molar-refractivity contribution >= 4 is 43.1 Å². The third-order valence-corrected chi connectivity index (χ3v) is 9.77. The van der Waals surface area contributed by atoms with Gasteiger partial charge in [-0.15, -0.1) is 0 Å². The van der Waals surface area contributed by atoms with Crippen LogP contribution in [0.5, 0.6) is 0 Å². The van der Waals surface area contributed by atoms with E-state index in [2.05, 4.69) is 39.3 Å². The zero-order valence-electron chi connectivity index (χ0n) is 33.7. The van der Waals surface area contributed by atoms with E-state index in [-0.39, 0.29) is 43.4 Å². The monoisotopic (exact) mass is 817 g/mol. The second-order valence-electron chi connectivity index (χ2n) is 15.1. The normalized spacial score (nSPS) is 18.1. The fourth-order valence-corrected chi connectivity index (χ4v) is 6.84. The van der Waals surface area contributed by atoms with Crippen LogP contribution in [0.3, 0.4) is 0 Å². The zero-order chi connectivity index (χ0) is 42.2. The highest BCUT2D eigenvalue weighted by molar-refractivity contribution is 7.46. The molecular weight excluding hydrogens is 749 g/mol. The van der Waals surface area contributed by atoms with E-state index in [1.807, 2.05) is 32.3 Å². The molecular formula is C37H68N7O11P. The van der Waals surface area contributed by atoms with E-state index < -0.39 is 62.3 Å². The lowest BCUT2D eigenvalue weighted by molar-refractivity contribution is -0.137. The van der Waals surface area contributed by atoms with E-state index in [9.17, 15) is 38.4 Å². The second-order valence-corrected chi connectivity index (χ2v) is 16.3. The predicted molar refractivity (Wildman–Crippen MR) is 210 cm³/mol. The number of aliphatic hydroxyl groups is 1. The Bertz CT molecular complexity index is 1480. The minimum absolute atomic E-state index is 0. The number of aryl methyl sites for hydroxylation is 1. The fourth-order valence-electron chi connectivity index (χ4n) is 6.29. The first kappa shape index (κ1) is 52.3. The Balaban J connectivity index is 0.00000169. The van der Waals surface area contributed by atoms with Crippen LogP contribution in [0, 0.1) is 23.7 Å². The van der Waals surface area contributed by atoms with Crippen molar-refractivity contribution in [1.29, 1.82) is 0 Å². The Kier molecular flexibility index (Phi) is 23.2. The molecule has 2 heterocycles. The molecule has 19 heteroatoms. The molecule has 0 spiro atoms. The van der Waals surface area contributed by atoms with Gasteiger partial charge in [0.2, 0.25) is 29.5 Å². The van der Waals surface area contributed by atoms with Crippen molar-refractivity contribution in [1.82, 2.24) is 30.4 Å². The first-order valence-electron chi connectivity index (χ1n) is 18.9. The van der Waals surface area contributed by atoms with Gasteiger partial charge in [0.25, 0.3) is 0 Å². The summed E-state index contributed by atoms with van der Waals surface area (Å²) in [5.74, 6) is -2.54. The van der Waals surface area contributed by atoms with Crippen LogP contribution in [0.2, 0.25) is 0 Å². The summed E-state index contributed by atoms with van der Waals surface area (Å²) >= 11 is 0. The summed E-state index contributed by atoms with van der Waals surface area (Å²) in [6.45, 7) is 17.1. The molecule has 1 aliphatic rings. The van der Waals surface area contributed by atoms with E-state index in [4.69, 9.17) is 15.5 Å². The van der Waals surface area contributed by atoms with Crippen LogP contribution in [0.25, 0.3) is 0 Å². The Morgan fingerprint density at radius 1 is 0.982 bits per heavy atom. The number of rotatable bonds is 21. The Morgan fingerprint density at radius 2 is 1.57 bits per heavy atom. The molecule has 8 N–H and O–H groups in total. The van der Waals surface area contributed by atoms with Crippen LogP contribution in [0.15, 0.2) is 12.5 Å². The van der Waals surface area contributed by atoms with Gasteiger partial charge >= 0.3 is 7.82 Å². The van der Waals surface area contributed by atoms with Gasteiger partial charge in [-0.25, -0.2) is 9.55 Å². The van der Waals surface area contributed by atoms with Gasteiger partial charge < -0.3 is 46.0 Å². The Hall–Kier alpha value is -3.70. The van der Waals surface area contributed by atoms with Gasteiger partial charge in [-0.3, -0.25) is 33.3 Å². The maximum Gasteiger partial charge on any atom is 0.469 e. The number of primary amides is 1. The molecule has 1 aromatic heterocycles. The number of hydrogen-bond acceptors (Lipinski definition) is 10. The summed E-state index contributed by atoms with van der Waals surface area (Å²) < 4.78 is 17.5. The van der Waals surface area contributed by atoms with E-state index in [1.165, 1.54) is 0 Å². The molecule has 3 unspecified atom stereocenters. The molecule has 1 fully saturated rings. The number of nitrogens with zero attached hydrogens (tertiary/aromatic N) is 3. The highest BCUT2D eigenvalue weighted by atomic mass is 31.2. The molecule has 7 atom stereocenters. The number of aromatic nitrogens is 2. The Morgan fingerprint density at radius 3 is 2.07 bits per heavy atom. The van der Waals surface area contributed by atoms with Crippen LogP contribution in [0.1, 0.15) is 108 Å². The standard InChI is InChI=1S/C25H45N6O9P.C11H19NO2.CH4/c1-14(2)7-8-31-13-27-11-18(31)10-19(28-23(34)16(5)9-15(3)4)24(35)29-20(12-32)25(36)30-21(22(26)33)17(6)40-41(37,38)39;1-4-5-10(14)12-7-6-8(2)11(12)9(3)13;/h11,13-17,19-21,32H,7-10,12H2,1-6H3,(H2,26,33)(H,28,34)(H,29,35)(H,30,36)(H2,37,38,39);8,11H,4-7H2,1-3H3;1H4/t16?,17?,19-,20?,21-;8-,11+;/m01./s1. The number of nitrogens with two attached hydrogens (primary N) is 1. The number of imidazole rings is 1. The molecule has 0 aromatic carbocycles. The minimum atomic E-state index is -5.02. The topological polar surface area (TPSA) is 273 Å². The maximum atomic E-state index is 13.4. The number of carbonyl (C=O) groups excluding carboxylic acids is 6. The van der Waals surface area contributed by atoms with Gasteiger partial charge in [-0.2, -0.15) is 0 Å². The zero-order valence-corrected chi connectivity index (χ0v) is 34.6. The van der Waals surface area contributed by atoms with E-state index in [0.29, 0.717) is 36.9 Å². The number of ketones is 1. The summed E-state index contributed by atoms with van der Waals surface area (Å²) in [6.07, 6.45) is 5.54. The summed E-state index contributed by atoms with van der Waals surface area (Å²) in [5.41, 5.74) is 5.93. The van der Waals surface area contributed by atoms with Gasteiger partial charge in [-0.1, -0.05) is 55.9 Å². The molecule has 56 heavy (non-hydrogen) atoms. The van der Waals surface area contributed by atoms with Crippen molar-refractivity contribution in [2.75, 3.05) is 13.2 Å². The molecule has 0 radical (unpaired) electrons. The lowest BCUT2D eigenvalue weighted by Gasteiger charge is -2.26. The van der Waals surface area contributed by atoms with Crippen LogP contribution in [0.4, 0.5) is 0 Å². The van der Waals surface area contributed by atoms with Gasteiger partial charge in [0, 0.05) is 43.7 Å². The first-order chi connectivity index (χ1) is 25.5. The number of likely N-dealkylation sites (tertiary alicyclic amines) is 1. The molecule has 0 bridgehead atoms. The lowest BCUT2D eigenvalue weighted by Crippen LogP contribution is -2.60. The lowest BCUT2D eigenvalue weighted by atomic mass is 9.97. The minimum Gasteiger partial charge on any atom is -0.394 e. The first-order valence-corrected chi connectivity index (χ1v) is 20.4. The average molecular weight is 818 g/mol. The molecule has 1 aromatic rings. The molecule has 2 rings (SSSR count). The quantitative estimate of drug-likeness (QED) is 0.0876. The predicted octanol–water partition coefficient (Wildman–Crippen LogP) is 1.83. The average Bonchev–Trinajstić information content (AvgIpc) is 3.69. The van der Waals surface area contributed by atoms with Crippen LogP contribution >= 0.6 is 7.82 Å². The van der Waals surface area contributed by atoms with E-state index >= 15 is 0 Å². The van der Waals surface area contributed by atoms with E-state index in [0.717, 1.165) is 32.7 Å². The molecule has 0 saturated carbocycles. The molecule has 5 amide bonds. The molecule has 322 valence electrons. The van der Waals surface area contributed by atoms with Crippen molar-refractivity contribution in [2.24, 2.45) is 29.4 Å². The summed E-state index contributed by atoms with van der Waals surface area (Å²) in [7, 11) is -5.02. The number of aliphatic hydroxyl groups excluding tert-OH is 1. The summed E-state index contributed by atoms with van der Waals surface area (Å²) in [6, 6.07) is -4.58. The fraction of sp³-hybridized carbons (Fsp3) is 0.757. The van der Waals surface area contributed by atoms with Crippen molar-refractivity contribution < 1.29 is 52.7 Å². The number of amides is 5. The van der Waals surface area contributed by atoms with Crippen molar-refractivity contribution in [3.63, 3.8) is 0 Å². The highest BCUT2D eigenvalue weighted by Gasteiger charge is 2.37. The SMILES string of the molecule is C.CC(C)CCn1cncc1C[C@H](NC(=O)C(C)CC(C)C)C(=O)NC(CO)C(=O)N[C@H](C(N)=O)C(C)OP(=O)(O)O.CCCC(=O)N1CC[C@@H](C)[C@H]1C(C)=O. The second kappa shape index (κ2) is 24.8. The summed E-state index contributed by atoms with van der Waals surface area (Å²) in [5, 5.41) is 17.1. The van der Waals surface area contributed by atoms with Gasteiger partial charge in [0.15, 0.2) is 5.78 Å². The Labute approximate surface area is 331 Å². The largest absolute Gasteiger partial charge is 0.469 e. The number of hydrogen-bond donors (Lipinski definition) is 7. The smallest absolute Gasteiger partial charge is 0.394 e.